The summed E-state index contributed by atoms with van der Waals surface area (Å²) in [7, 11) is 0. The van der Waals surface area contributed by atoms with Crippen LogP contribution in [0.2, 0.25) is 0 Å². The highest BCUT2D eigenvalue weighted by molar-refractivity contribution is 5.91. The van der Waals surface area contributed by atoms with Crippen molar-refractivity contribution in [2.45, 2.75) is 6.92 Å². The maximum Gasteiger partial charge on any atom is 0.339 e. The largest absolute Gasteiger partial charge is 0.507 e. The highest BCUT2D eigenvalue weighted by Gasteiger charge is 2.09. The van der Waals surface area contributed by atoms with Gasteiger partial charge >= 0.3 is 5.97 Å². The lowest BCUT2D eigenvalue weighted by molar-refractivity contribution is -0.132. The van der Waals surface area contributed by atoms with Gasteiger partial charge in [-0.3, -0.25) is 0 Å². The SMILES string of the molecule is C=C/C=C(C(=O)O)\C(O)=C/C. The van der Waals surface area contributed by atoms with Crippen molar-refractivity contribution in [3.8, 4) is 0 Å². The molecular formula is C8H10O3. The summed E-state index contributed by atoms with van der Waals surface area (Å²) in [6.07, 6.45) is 3.85. The zero-order valence-corrected chi connectivity index (χ0v) is 6.24. The molecule has 2 N–H and O–H groups in total. The molecule has 0 unspecified atom stereocenters. The quantitative estimate of drug-likeness (QED) is 0.369. The van der Waals surface area contributed by atoms with E-state index in [0.29, 0.717) is 0 Å². The molecule has 0 aliphatic heterocycles. The maximum absolute atomic E-state index is 10.4. The van der Waals surface area contributed by atoms with Gasteiger partial charge in [0.25, 0.3) is 0 Å². The summed E-state index contributed by atoms with van der Waals surface area (Å²) in [6.45, 7) is 4.87. The van der Waals surface area contributed by atoms with Crippen LogP contribution in [0.1, 0.15) is 6.92 Å². The number of allylic oxidation sites excluding steroid dienone is 3. The number of carboxylic acids is 1. The van der Waals surface area contributed by atoms with Crippen molar-refractivity contribution in [3.63, 3.8) is 0 Å². The minimum atomic E-state index is -1.17. The van der Waals surface area contributed by atoms with Crippen LogP contribution in [-0.2, 0) is 4.79 Å². The van der Waals surface area contributed by atoms with Gasteiger partial charge in [0.15, 0.2) is 0 Å². The van der Waals surface area contributed by atoms with E-state index < -0.39 is 5.97 Å². The van der Waals surface area contributed by atoms with E-state index >= 15 is 0 Å². The molecule has 0 saturated carbocycles. The number of hydrogen-bond acceptors (Lipinski definition) is 2. The summed E-state index contributed by atoms with van der Waals surface area (Å²) >= 11 is 0. The Bertz CT molecular complexity index is 223. The molecule has 0 aliphatic rings. The fourth-order valence-corrected chi connectivity index (χ4v) is 0.540. The summed E-state index contributed by atoms with van der Waals surface area (Å²) in [6, 6.07) is 0. The molecule has 0 radical (unpaired) electrons. The molecule has 11 heavy (non-hydrogen) atoms. The van der Waals surface area contributed by atoms with Gasteiger partial charge in [0.1, 0.15) is 11.3 Å². The van der Waals surface area contributed by atoms with Crippen LogP contribution in [0.15, 0.2) is 36.1 Å². The highest BCUT2D eigenvalue weighted by atomic mass is 16.4. The molecule has 3 nitrogen and oxygen atoms in total. The Balaban J connectivity index is 4.76. The first-order valence-electron chi connectivity index (χ1n) is 3.05. The number of carboxylic acid groups (broad SMARTS) is 1. The average Bonchev–Trinajstić information content (AvgIpc) is 1.98. The third kappa shape index (κ3) is 2.71. The molecule has 60 valence electrons. The summed E-state index contributed by atoms with van der Waals surface area (Å²) in [5.74, 6) is -1.42. The molecule has 0 heterocycles. The first-order chi connectivity index (χ1) is 5.13. The van der Waals surface area contributed by atoms with Gasteiger partial charge in [-0.2, -0.15) is 0 Å². The first-order valence-corrected chi connectivity index (χ1v) is 3.05. The molecule has 0 aromatic rings. The zero-order chi connectivity index (χ0) is 8.85. The van der Waals surface area contributed by atoms with Crippen LogP contribution < -0.4 is 0 Å². The Kier molecular flexibility index (Phi) is 3.73. The van der Waals surface area contributed by atoms with Gasteiger partial charge in [0, 0.05) is 0 Å². The van der Waals surface area contributed by atoms with E-state index in [4.69, 9.17) is 10.2 Å². The fraction of sp³-hybridized carbons (Fsp3) is 0.125. The number of aliphatic carboxylic acids is 1. The molecule has 0 bridgehead atoms. The Morgan fingerprint density at radius 2 is 2.00 bits per heavy atom. The number of aliphatic hydroxyl groups excluding tert-OH is 1. The summed E-state index contributed by atoms with van der Waals surface area (Å²) in [4.78, 5) is 10.4. The Morgan fingerprint density at radius 3 is 2.27 bits per heavy atom. The van der Waals surface area contributed by atoms with Crippen LogP contribution in [0.3, 0.4) is 0 Å². The van der Waals surface area contributed by atoms with Crippen LogP contribution >= 0.6 is 0 Å². The Labute approximate surface area is 65.0 Å². The van der Waals surface area contributed by atoms with Gasteiger partial charge in [-0.25, -0.2) is 4.79 Å². The molecule has 0 amide bonds. The van der Waals surface area contributed by atoms with Crippen molar-refractivity contribution in [3.05, 3.63) is 36.1 Å². The molecule has 0 atom stereocenters. The van der Waals surface area contributed by atoms with Crippen LogP contribution in [-0.4, -0.2) is 16.2 Å². The predicted octanol–water partition coefficient (Wildman–Crippen LogP) is 1.65. The lowest BCUT2D eigenvalue weighted by Gasteiger charge is -1.97. The minimum absolute atomic E-state index is 0.150. The highest BCUT2D eigenvalue weighted by Crippen LogP contribution is 2.05. The summed E-state index contributed by atoms with van der Waals surface area (Å²) in [5.41, 5.74) is -0.150. The third-order valence-electron chi connectivity index (χ3n) is 1.06. The molecule has 0 aromatic carbocycles. The number of aliphatic hydroxyl groups is 1. The molecular weight excluding hydrogens is 144 g/mol. The summed E-state index contributed by atoms with van der Waals surface area (Å²) < 4.78 is 0. The van der Waals surface area contributed by atoms with E-state index in [-0.39, 0.29) is 11.3 Å². The Morgan fingerprint density at radius 1 is 1.45 bits per heavy atom. The molecule has 0 aromatic heterocycles. The lowest BCUT2D eigenvalue weighted by atomic mass is 10.2. The standard InChI is InChI=1S/C8H10O3/c1-3-5-6(8(10)11)7(9)4-2/h3-5,9H,1H2,2H3,(H,10,11)/b6-5+,7-4+. The number of carbonyl (C=O) groups is 1. The van der Waals surface area contributed by atoms with E-state index in [1.165, 1.54) is 18.2 Å². The van der Waals surface area contributed by atoms with Crippen LogP contribution in [0, 0.1) is 0 Å². The molecule has 0 fully saturated rings. The second-order valence-electron chi connectivity index (χ2n) is 1.80. The fourth-order valence-electron chi connectivity index (χ4n) is 0.540. The number of hydrogen-bond donors (Lipinski definition) is 2. The Hall–Kier alpha value is -1.51. The second-order valence-corrected chi connectivity index (χ2v) is 1.80. The van der Waals surface area contributed by atoms with Gasteiger partial charge < -0.3 is 10.2 Å². The molecule has 0 rings (SSSR count). The average molecular weight is 154 g/mol. The van der Waals surface area contributed by atoms with Gasteiger partial charge in [0.2, 0.25) is 0 Å². The van der Waals surface area contributed by atoms with Crippen LogP contribution in [0.25, 0.3) is 0 Å². The van der Waals surface area contributed by atoms with Crippen molar-refractivity contribution in [1.29, 1.82) is 0 Å². The lowest BCUT2D eigenvalue weighted by Crippen LogP contribution is -2.02. The van der Waals surface area contributed by atoms with Crippen molar-refractivity contribution >= 4 is 5.97 Å². The van der Waals surface area contributed by atoms with Crippen molar-refractivity contribution in [1.82, 2.24) is 0 Å². The molecule has 0 aliphatic carbocycles. The van der Waals surface area contributed by atoms with Gasteiger partial charge in [-0.1, -0.05) is 12.7 Å². The topological polar surface area (TPSA) is 57.5 Å². The number of rotatable bonds is 3. The molecule has 0 saturated heterocycles. The smallest absolute Gasteiger partial charge is 0.339 e. The third-order valence-corrected chi connectivity index (χ3v) is 1.06. The van der Waals surface area contributed by atoms with E-state index in [2.05, 4.69) is 6.58 Å². The first kappa shape index (κ1) is 9.49. The summed E-state index contributed by atoms with van der Waals surface area (Å²) in [5, 5.41) is 17.5. The molecule has 0 spiro atoms. The van der Waals surface area contributed by atoms with E-state index in [9.17, 15) is 4.79 Å². The van der Waals surface area contributed by atoms with Gasteiger partial charge in [-0.15, -0.1) is 0 Å². The van der Waals surface area contributed by atoms with E-state index in [1.807, 2.05) is 0 Å². The van der Waals surface area contributed by atoms with Gasteiger partial charge in [0.05, 0.1) is 0 Å². The van der Waals surface area contributed by atoms with Gasteiger partial charge in [-0.05, 0) is 19.1 Å². The monoisotopic (exact) mass is 154 g/mol. The predicted molar refractivity (Wildman–Crippen MR) is 42.3 cm³/mol. The second kappa shape index (κ2) is 4.33. The van der Waals surface area contributed by atoms with Crippen molar-refractivity contribution < 1.29 is 15.0 Å². The maximum atomic E-state index is 10.4. The van der Waals surface area contributed by atoms with Crippen molar-refractivity contribution in [2.75, 3.05) is 0 Å². The normalized spacial score (nSPS) is 12.8. The van der Waals surface area contributed by atoms with Crippen molar-refractivity contribution in [2.24, 2.45) is 0 Å². The van der Waals surface area contributed by atoms with E-state index in [0.717, 1.165) is 0 Å². The van der Waals surface area contributed by atoms with Crippen LogP contribution in [0.4, 0.5) is 0 Å². The minimum Gasteiger partial charge on any atom is -0.507 e. The van der Waals surface area contributed by atoms with Crippen LogP contribution in [0.5, 0.6) is 0 Å². The molecule has 3 heteroatoms. The van der Waals surface area contributed by atoms with E-state index in [1.54, 1.807) is 6.92 Å². The zero-order valence-electron chi connectivity index (χ0n) is 6.24.